The van der Waals surface area contributed by atoms with Gasteiger partial charge in [-0.25, -0.2) is 0 Å². The topological polar surface area (TPSA) is 58.8 Å². The minimum atomic E-state index is -0.481. The van der Waals surface area contributed by atoms with Gasteiger partial charge in [-0.3, -0.25) is 9.69 Å². The second-order valence-electron chi connectivity index (χ2n) is 5.09. The summed E-state index contributed by atoms with van der Waals surface area (Å²) in [7, 11) is 1.55. The fourth-order valence-electron chi connectivity index (χ4n) is 2.98. The highest BCUT2D eigenvalue weighted by Crippen LogP contribution is 2.25. The molecule has 2 rings (SSSR count). The molecule has 3 atom stereocenters. The van der Waals surface area contributed by atoms with Crippen molar-refractivity contribution in [2.75, 3.05) is 33.3 Å². The maximum Gasteiger partial charge on any atom is 0.253 e. The Labute approximate surface area is 103 Å². The van der Waals surface area contributed by atoms with Crippen molar-refractivity contribution in [2.24, 2.45) is 5.73 Å². The molecule has 17 heavy (non-hydrogen) atoms. The maximum absolute atomic E-state index is 12.3. The Bertz CT molecular complexity index is 281. The highest BCUT2D eigenvalue weighted by atomic mass is 16.5. The third-order valence-corrected chi connectivity index (χ3v) is 3.99. The largest absolute Gasteiger partial charge is 0.370 e. The van der Waals surface area contributed by atoms with Crippen LogP contribution in [0.25, 0.3) is 0 Å². The van der Waals surface area contributed by atoms with Gasteiger partial charge in [-0.05, 0) is 26.3 Å². The Balaban J connectivity index is 2.02. The summed E-state index contributed by atoms with van der Waals surface area (Å²) in [5.74, 6) is 0.0500. The highest BCUT2D eigenvalue weighted by Gasteiger charge is 2.38. The average molecular weight is 241 g/mol. The first kappa shape index (κ1) is 12.8. The molecule has 0 saturated carbocycles. The molecule has 0 radical (unpaired) electrons. The van der Waals surface area contributed by atoms with Gasteiger partial charge in [0, 0.05) is 38.8 Å². The van der Waals surface area contributed by atoms with Gasteiger partial charge < -0.3 is 15.4 Å². The van der Waals surface area contributed by atoms with Crippen molar-refractivity contribution in [3.63, 3.8) is 0 Å². The Morgan fingerprint density at radius 2 is 2.29 bits per heavy atom. The van der Waals surface area contributed by atoms with E-state index in [2.05, 4.69) is 11.8 Å². The average Bonchev–Trinajstić information content (AvgIpc) is 2.76. The lowest BCUT2D eigenvalue weighted by Crippen LogP contribution is -2.59. The number of methoxy groups -OCH3 is 1. The summed E-state index contributed by atoms with van der Waals surface area (Å²) in [6.45, 7) is 5.36. The molecule has 5 nitrogen and oxygen atoms in total. The molecule has 0 aromatic rings. The lowest BCUT2D eigenvalue weighted by Gasteiger charge is -2.43. The molecular formula is C12H23N3O2. The molecule has 98 valence electrons. The summed E-state index contributed by atoms with van der Waals surface area (Å²) in [5.41, 5.74) is 5.56. The van der Waals surface area contributed by atoms with Crippen LogP contribution >= 0.6 is 0 Å². The van der Waals surface area contributed by atoms with Gasteiger partial charge in [0.05, 0.1) is 0 Å². The Morgan fingerprint density at radius 3 is 2.94 bits per heavy atom. The number of nitrogens with zero attached hydrogens (tertiary/aromatic N) is 2. The van der Waals surface area contributed by atoms with Crippen LogP contribution in [-0.4, -0.2) is 67.2 Å². The van der Waals surface area contributed by atoms with Crippen molar-refractivity contribution in [1.82, 2.24) is 9.80 Å². The van der Waals surface area contributed by atoms with Crippen LogP contribution in [0.2, 0.25) is 0 Å². The molecule has 5 heteroatoms. The van der Waals surface area contributed by atoms with Gasteiger partial charge in [-0.15, -0.1) is 0 Å². The number of hydrogen-bond acceptors (Lipinski definition) is 4. The molecule has 2 fully saturated rings. The van der Waals surface area contributed by atoms with Crippen molar-refractivity contribution in [3.8, 4) is 0 Å². The Kier molecular flexibility index (Phi) is 4.01. The van der Waals surface area contributed by atoms with Gasteiger partial charge in [-0.2, -0.15) is 0 Å². The smallest absolute Gasteiger partial charge is 0.253 e. The van der Waals surface area contributed by atoms with E-state index in [4.69, 9.17) is 10.5 Å². The first-order valence-corrected chi connectivity index (χ1v) is 6.44. The summed E-state index contributed by atoms with van der Waals surface area (Å²) in [6.07, 6.45) is 1.98. The number of carbonyl (C=O) groups excluding carboxylic acids is 1. The van der Waals surface area contributed by atoms with E-state index in [1.807, 2.05) is 4.90 Å². The number of hydrogen-bond donors (Lipinski definition) is 1. The maximum atomic E-state index is 12.3. The van der Waals surface area contributed by atoms with Crippen LogP contribution in [-0.2, 0) is 9.53 Å². The van der Waals surface area contributed by atoms with Gasteiger partial charge in [0.1, 0.15) is 6.10 Å². The van der Waals surface area contributed by atoms with E-state index in [0.29, 0.717) is 6.04 Å². The Hall–Kier alpha value is -0.650. The third-order valence-electron chi connectivity index (χ3n) is 3.99. The normalized spacial score (nSPS) is 31.4. The summed E-state index contributed by atoms with van der Waals surface area (Å²) in [6, 6.07) is 0.812. The molecule has 3 unspecified atom stereocenters. The van der Waals surface area contributed by atoms with E-state index in [-0.39, 0.29) is 18.5 Å². The van der Waals surface area contributed by atoms with Gasteiger partial charge in [-0.1, -0.05) is 0 Å². The zero-order valence-corrected chi connectivity index (χ0v) is 10.8. The molecule has 1 amide bonds. The van der Waals surface area contributed by atoms with Gasteiger partial charge in [0.2, 0.25) is 0 Å². The number of amides is 1. The van der Waals surface area contributed by atoms with Crippen LogP contribution in [0.15, 0.2) is 0 Å². The van der Waals surface area contributed by atoms with E-state index < -0.39 is 6.10 Å². The zero-order valence-electron chi connectivity index (χ0n) is 10.8. The predicted octanol–water partition coefficient (Wildman–Crippen LogP) is -0.345. The van der Waals surface area contributed by atoms with Crippen LogP contribution in [0, 0.1) is 0 Å². The number of piperazine rings is 1. The Morgan fingerprint density at radius 1 is 1.53 bits per heavy atom. The summed E-state index contributed by atoms with van der Waals surface area (Å²) < 4.78 is 5.14. The quantitative estimate of drug-likeness (QED) is 0.734. The molecule has 0 bridgehead atoms. The fourth-order valence-corrected chi connectivity index (χ4v) is 2.98. The first-order valence-electron chi connectivity index (χ1n) is 6.44. The molecule has 2 aliphatic heterocycles. The molecule has 2 N–H and O–H groups in total. The second-order valence-corrected chi connectivity index (χ2v) is 5.09. The van der Waals surface area contributed by atoms with E-state index in [0.717, 1.165) is 13.1 Å². The van der Waals surface area contributed by atoms with Crippen LogP contribution in [0.1, 0.15) is 19.8 Å². The summed E-state index contributed by atoms with van der Waals surface area (Å²) >= 11 is 0. The minimum Gasteiger partial charge on any atom is -0.370 e. The molecule has 2 heterocycles. The summed E-state index contributed by atoms with van der Waals surface area (Å²) in [5, 5.41) is 0. The number of ether oxygens (including phenoxy) is 1. The standard InChI is InChI=1S/C12H23N3O2/c1-9-7-14-5-3-4-10(14)8-15(9)12(16)11(6-13)17-2/h9-11H,3-8,13H2,1-2H3. The molecule has 0 aromatic carbocycles. The lowest BCUT2D eigenvalue weighted by molar-refractivity contribution is -0.147. The summed E-state index contributed by atoms with van der Waals surface area (Å²) in [4.78, 5) is 16.7. The molecule has 2 aliphatic rings. The van der Waals surface area contributed by atoms with Crippen LogP contribution in [0.4, 0.5) is 0 Å². The van der Waals surface area contributed by atoms with E-state index in [9.17, 15) is 4.79 Å². The van der Waals surface area contributed by atoms with Crippen LogP contribution in [0.3, 0.4) is 0 Å². The lowest BCUT2D eigenvalue weighted by atomic mass is 10.1. The van der Waals surface area contributed by atoms with Gasteiger partial charge >= 0.3 is 0 Å². The zero-order chi connectivity index (χ0) is 12.4. The SMILES string of the molecule is COC(CN)C(=O)N1CC2CCCN2CC1C. The molecule has 0 aliphatic carbocycles. The number of carbonyl (C=O) groups is 1. The van der Waals surface area contributed by atoms with Gasteiger partial charge in [0.25, 0.3) is 5.91 Å². The monoisotopic (exact) mass is 241 g/mol. The number of nitrogens with two attached hydrogens (primary N) is 1. The van der Waals surface area contributed by atoms with Crippen LogP contribution in [0.5, 0.6) is 0 Å². The third kappa shape index (κ3) is 2.46. The van der Waals surface area contributed by atoms with E-state index >= 15 is 0 Å². The van der Waals surface area contributed by atoms with Crippen molar-refractivity contribution in [1.29, 1.82) is 0 Å². The molecule has 2 saturated heterocycles. The molecule has 0 spiro atoms. The predicted molar refractivity (Wildman–Crippen MR) is 65.6 cm³/mol. The van der Waals surface area contributed by atoms with Crippen molar-refractivity contribution >= 4 is 5.91 Å². The van der Waals surface area contributed by atoms with Crippen LogP contribution < -0.4 is 5.73 Å². The fraction of sp³-hybridized carbons (Fsp3) is 0.917. The first-order chi connectivity index (χ1) is 8.17. The number of rotatable bonds is 3. The van der Waals surface area contributed by atoms with Crippen molar-refractivity contribution in [2.45, 2.75) is 38.0 Å². The highest BCUT2D eigenvalue weighted by molar-refractivity contribution is 5.81. The van der Waals surface area contributed by atoms with Gasteiger partial charge in [0.15, 0.2) is 0 Å². The number of fused-ring (bicyclic) bond motifs is 1. The molecule has 0 aromatic heterocycles. The van der Waals surface area contributed by atoms with Crippen molar-refractivity contribution < 1.29 is 9.53 Å². The second kappa shape index (κ2) is 5.33. The van der Waals surface area contributed by atoms with E-state index in [1.165, 1.54) is 19.4 Å². The molecular weight excluding hydrogens is 218 g/mol. The van der Waals surface area contributed by atoms with Crippen molar-refractivity contribution in [3.05, 3.63) is 0 Å². The minimum absolute atomic E-state index is 0.0500. The van der Waals surface area contributed by atoms with E-state index in [1.54, 1.807) is 7.11 Å².